The van der Waals surface area contributed by atoms with Crippen LogP contribution in [0.5, 0.6) is 0 Å². The maximum Gasteiger partial charge on any atom is 0.0693 e. The fraction of sp³-hybridized carbons (Fsp3) is 0.538. The van der Waals surface area contributed by atoms with Crippen molar-refractivity contribution in [1.29, 1.82) is 0 Å². The Morgan fingerprint density at radius 2 is 2.12 bits per heavy atom. The Balaban J connectivity index is 1.94. The summed E-state index contributed by atoms with van der Waals surface area (Å²) in [6.07, 6.45) is 4.10. The van der Waals surface area contributed by atoms with Crippen LogP contribution in [0.25, 0.3) is 0 Å². The lowest BCUT2D eigenvalue weighted by Gasteiger charge is -2.28. The van der Waals surface area contributed by atoms with Crippen molar-refractivity contribution in [3.05, 3.63) is 33.3 Å². The van der Waals surface area contributed by atoms with Gasteiger partial charge in [0.1, 0.15) is 0 Å². The zero-order valence-corrected chi connectivity index (χ0v) is 12.0. The van der Waals surface area contributed by atoms with Crippen LogP contribution in [0, 0.1) is 0 Å². The third-order valence-electron chi connectivity index (χ3n) is 3.29. The molecule has 2 atom stereocenters. The summed E-state index contributed by atoms with van der Waals surface area (Å²) in [5.41, 5.74) is 1.13. The Morgan fingerprint density at radius 3 is 2.88 bits per heavy atom. The van der Waals surface area contributed by atoms with Gasteiger partial charge in [0.25, 0.3) is 0 Å². The molecule has 0 aliphatic heterocycles. The maximum absolute atomic E-state index is 9.87. The minimum absolute atomic E-state index is 0.207. The fourth-order valence-corrected chi connectivity index (χ4v) is 2.85. The highest BCUT2D eigenvalue weighted by molar-refractivity contribution is 9.10. The van der Waals surface area contributed by atoms with E-state index in [1.165, 1.54) is 6.42 Å². The summed E-state index contributed by atoms with van der Waals surface area (Å²) < 4.78 is 1.06. The van der Waals surface area contributed by atoms with Crippen LogP contribution >= 0.6 is 27.5 Å². The molecule has 0 heterocycles. The SMILES string of the molecule is OC1CCCCC1NCc1cc(Cl)ccc1Br. The van der Waals surface area contributed by atoms with Crippen molar-refractivity contribution in [2.75, 3.05) is 0 Å². The molecule has 2 unspecified atom stereocenters. The predicted molar refractivity (Wildman–Crippen MR) is 74.3 cm³/mol. The first-order chi connectivity index (χ1) is 8.16. The standard InChI is InChI=1S/C13H17BrClNO/c14-11-6-5-10(15)7-9(11)8-16-12-3-1-2-4-13(12)17/h5-7,12-13,16-17H,1-4,8H2. The van der Waals surface area contributed by atoms with Crippen LogP contribution in [-0.2, 0) is 6.54 Å². The zero-order valence-electron chi connectivity index (χ0n) is 9.63. The van der Waals surface area contributed by atoms with Crippen molar-refractivity contribution in [3.8, 4) is 0 Å². The number of halogens is 2. The summed E-state index contributed by atoms with van der Waals surface area (Å²) in [4.78, 5) is 0. The normalized spacial score (nSPS) is 24.9. The van der Waals surface area contributed by atoms with Gasteiger partial charge in [-0.3, -0.25) is 0 Å². The highest BCUT2D eigenvalue weighted by Gasteiger charge is 2.22. The van der Waals surface area contributed by atoms with Crippen LogP contribution < -0.4 is 5.32 Å². The van der Waals surface area contributed by atoms with Gasteiger partial charge in [0.15, 0.2) is 0 Å². The summed E-state index contributed by atoms with van der Waals surface area (Å²) in [5.74, 6) is 0. The van der Waals surface area contributed by atoms with Crippen LogP contribution in [0.3, 0.4) is 0 Å². The van der Waals surface area contributed by atoms with Gasteiger partial charge in [-0.15, -0.1) is 0 Å². The number of aliphatic hydroxyl groups is 1. The van der Waals surface area contributed by atoms with Gasteiger partial charge in [-0.05, 0) is 36.6 Å². The molecular formula is C13H17BrClNO. The van der Waals surface area contributed by atoms with Gasteiger partial charge in [-0.25, -0.2) is 0 Å². The molecule has 0 spiro atoms. The van der Waals surface area contributed by atoms with E-state index in [1.807, 2.05) is 18.2 Å². The van der Waals surface area contributed by atoms with E-state index >= 15 is 0 Å². The molecule has 0 aromatic heterocycles. The van der Waals surface area contributed by atoms with E-state index in [1.54, 1.807) is 0 Å². The third-order valence-corrected chi connectivity index (χ3v) is 4.30. The summed E-state index contributed by atoms with van der Waals surface area (Å²) >= 11 is 9.48. The molecule has 0 radical (unpaired) electrons. The van der Waals surface area contributed by atoms with Crippen molar-refractivity contribution in [2.45, 2.75) is 44.4 Å². The highest BCUT2D eigenvalue weighted by Crippen LogP contribution is 2.23. The van der Waals surface area contributed by atoms with E-state index in [9.17, 15) is 5.11 Å². The van der Waals surface area contributed by atoms with Gasteiger partial charge in [-0.2, -0.15) is 0 Å². The van der Waals surface area contributed by atoms with Gasteiger partial charge >= 0.3 is 0 Å². The summed E-state index contributed by atoms with van der Waals surface area (Å²) in [6.45, 7) is 0.739. The maximum atomic E-state index is 9.87. The number of rotatable bonds is 3. The van der Waals surface area contributed by atoms with Crippen LogP contribution in [0.2, 0.25) is 5.02 Å². The van der Waals surface area contributed by atoms with E-state index in [2.05, 4.69) is 21.2 Å². The largest absolute Gasteiger partial charge is 0.392 e. The van der Waals surface area contributed by atoms with Gasteiger partial charge < -0.3 is 10.4 Å². The molecule has 1 aromatic carbocycles. The van der Waals surface area contributed by atoms with Crippen LogP contribution in [0.15, 0.2) is 22.7 Å². The summed E-state index contributed by atoms with van der Waals surface area (Å²) in [7, 11) is 0. The number of hydrogen-bond acceptors (Lipinski definition) is 2. The second-order valence-corrected chi connectivity index (χ2v) is 5.87. The topological polar surface area (TPSA) is 32.3 Å². The molecule has 0 saturated heterocycles. The molecule has 2 N–H and O–H groups in total. The molecule has 0 amide bonds. The molecule has 94 valence electrons. The number of hydrogen-bond donors (Lipinski definition) is 2. The number of aliphatic hydroxyl groups excluding tert-OH is 1. The van der Waals surface area contributed by atoms with E-state index in [0.717, 1.165) is 40.9 Å². The Bertz CT molecular complexity index is 386. The molecule has 1 saturated carbocycles. The second kappa shape index (κ2) is 6.19. The lowest BCUT2D eigenvalue weighted by Crippen LogP contribution is -2.41. The molecule has 1 aromatic rings. The highest BCUT2D eigenvalue weighted by atomic mass is 79.9. The minimum atomic E-state index is -0.207. The Hall–Kier alpha value is -0.0900. The second-order valence-electron chi connectivity index (χ2n) is 4.57. The summed E-state index contributed by atoms with van der Waals surface area (Å²) in [6, 6.07) is 5.99. The van der Waals surface area contributed by atoms with E-state index in [-0.39, 0.29) is 12.1 Å². The van der Waals surface area contributed by atoms with Gasteiger partial charge in [0.05, 0.1) is 6.10 Å². The number of nitrogens with one attached hydrogen (secondary N) is 1. The van der Waals surface area contributed by atoms with Crippen molar-refractivity contribution in [3.63, 3.8) is 0 Å². The minimum Gasteiger partial charge on any atom is -0.392 e. The van der Waals surface area contributed by atoms with Crippen LogP contribution in [0.4, 0.5) is 0 Å². The Kier molecular flexibility index (Phi) is 4.86. The first-order valence-corrected chi connectivity index (χ1v) is 7.19. The smallest absolute Gasteiger partial charge is 0.0693 e. The fourth-order valence-electron chi connectivity index (χ4n) is 2.27. The first-order valence-electron chi connectivity index (χ1n) is 6.02. The third kappa shape index (κ3) is 3.68. The van der Waals surface area contributed by atoms with E-state index < -0.39 is 0 Å². The first kappa shape index (κ1) is 13.3. The molecule has 1 aliphatic carbocycles. The summed E-state index contributed by atoms with van der Waals surface area (Å²) in [5, 5.41) is 14.0. The van der Waals surface area contributed by atoms with Crippen molar-refractivity contribution in [1.82, 2.24) is 5.32 Å². The van der Waals surface area contributed by atoms with Gasteiger partial charge in [0.2, 0.25) is 0 Å². The quantitative estimate of drug-likeness (QED) is 0.894. The Morgan fingerprint density at radius 1 is 1.35 bits per heavy atom. The molecule has 1 fully saturated rings. The van der Waals surface area contributed by atoms with Crippen molar-refractivity contribution in [2.24, 2.45) is 0 Å². The van der Waals surface area contributed by atoms with Gasteiger partial charge in [0, 0.05) is 22.1 Å². The van der Waals surface area contributed by atoms with Crippen LogP contribution in [0.1, 0.15) is 31.2 Å². The van der Waals surface area contributed by atoms with E-state index in [4.69, 9.17) is 11.6 Å². The molecule has 2 nitrogen and oxygen atoms in total. The van der Waals surface area contributed by atoms with Crippen molar-refractivity contribution < 1.29 is 5.11 Å². The monoisotopic (exact) mass is 317 g/mol. The molecular weight excluding hydrogens is 302 g/mol. The van der Waals surface area contributed by atoms with E-state index in [0.29, 0.717) is 0 Å². The van der Waals surface area contributed by atoms with Crippen LogP contribution in [-0.4, -0.2) is 17.3 Å². The lowest BCUT2D eigenvalue weighted by molar-refractivity contribution is 0.0902. The molecule has 4 heteroatoms. The average molecular weight is 319 g/mol. The van der Waals surface area contributed by atoms with Gasteiger partial charge in [-0.1, -0.05) is 40.4 Å². The predicted octanol–water partition coefficient (Wildman–Crippen LogP) is 3.50. The van der Waals surface area contributed by atoms with Crippen molar-refractivity contribution >= 4 is 27.5 Å². The Labute approximate surface area is 115 Å². The average Bonchev–Trinajstić information content (AvgIpc) is 2.32. The lowest BCUT2D eigenvalue weighted by atomic mass is 9.92. The molecule has 1 aliphatic rings. The molecule has 17 heavy (non-hydrogen) atoms. The molecule has 2 rings (SSSR count). The molecule has 0 bridgehead atoms. The zero-order chi connectivity index (χ0) is 12.3. The number of benzene rings is 1.